The van der Waals surface area contributed by atoms with E-state index in [9.17, 15) is 9.59 Å². The topological polar surface area (TPSA) is 58.1 Å². The fraction of sp³-hybridized carbons (Fsp3) is 0.103. The molecule has 2 amide bonds. The van der Waals surface area contributed by atoms with Crippen molar-refractivity contribution in [1.82, 2.24) is 14.5 Å². The molecule has 0 unspecified atom stereocenters. The number of para-hydroxylation sites is 2. The Morgan fingerprint density at radius 1 is 0.735 bits per heavy atom. The van der Waals surface area contributed by atoms with Crippen molar-refractivity contribution < 1.29 is 9.59 Å². The van der Waals surface area contributed by atoms with E-state index in [0.717, 1.165) is 56.6 Å². The van der Waals surface area contributed by atoms with Crippen molar-refractivity contribution in [1.29, 1.82) is 0 Å². The lowest BCUT2D eigenvalue weighted by Crippen LogP contribution is -2.24. The smallest absolute Gasteiger partial charge is 0.262 e. The average Bonchev–Trinajstić information content (AvgIpc) is 3.48. The highest BCUT2D eigenvalue weighted by Crippen LogP contribution is 2.44. The number of benzene rings is 4. The van der Waals surface area contributed by atoms with Gasteiger partial charge in [-0.05, 0) is 24.1 Å². The van der Waals surface area contributed by atoms with Gasteiger partial charge in [0.25, 0.3) is 11.8 Å². The quantitative estimate of drug-likeness (QED) is 0.346. The molecule has 0 saturated heterocycles. The van der Waals surface area contributed by atoms with Crippen molar-refractivity contribution in [2.45, 2.75) is 13.0 Å². The Kier molecular flexibility index (Phi) is 3.83. The fourth-order valence-electron chi connectivity index (χ4n) is 5.62. The van der Waals surface area contributed by atoms with Crippen LogP contribution in [0, 0.1) is 0 Å². The van der Waals surface area contributed by atoms with Crippen molar-refractivity contribution in [3.05, 3.63) is 95.6 Å². The SMILES string of the molecule is CN1C(=O)c2c(c3c4ccccc4n(CCc4ccccc4)c3c3[nH]c4ccccc4c23)C1=O. The molecule has 1 aliphatic heterocycles. The van der Waals surface area contributed by atoms with Crippen LogP contribution in [-0.4, -0.2) is 33.3 Å². The van der Waals surface area contributed by atoms with E-state index < -0.39 is 0 Å². The molecule has 164 valence electrons. The number of amides is 2. The minimum absolute atomic E-state index is 0.233. The van der Waals surface area contributed by atoms with E-state index in [2.05, 4.69) is 45.9 Å². The largest absolute Gasteiger partial charge is 0.353 e. The normalized spacial score (nSPS) is 13.7. The zero-order valence-electron chi connectivity index (χ0n) is 18.6. The van der Waals surface area contributed by atoms with Gasteiger partial charge in [0.05, 0.1) is 22.2 Å². The minimum Gasteiger partial charge on any atom is -0.353 e. The van der Waals surface area contributed by atoms with Crippen LogP contribution in [0.4, 0.5) is 0 Å². The molecule has 0 bridgehead atoms. The average molecular weight is 444 g/mol. The van der Waals surface area contributed by atoms with Crippen LogP contribution < -0.4 is 0 Å². The Morgan fingerprint density at radius 2 is 1.38 bits per heavy atom. The lowest BCUT2D eigenvalue weighted by atomic mass is 9.97. The van der Waals surface area contributed by atoms with Crippen LogP contribution in [-0.2, 0) is 13.0 Å². The number of nitrogens with one attached hydrogen (secondary N) is 1. The van der Waals surface area contributed by atoms with Gasteiger partial charge >= 0.3 is 0 Å². The zero-order valence-corrected chi connectivity index (χ0v) is 18.6. The van der Waals surface area contributed by atoms with Crippen molar-refractivity contribution in [3.8, 4) is 0 Å². The summed E-state index contributed by atoms with van der Waals surface area (Å²) in [4.78, 5) is 31.6. The summed E-state index contributed by atoms with van der Waals surface area (Å²) in [7, 11) is 1.58. The molecular weight excluding hydrogens is 422 g/mol. The maximum atomic E-state index is 13.4. The zero-order chi connectivity index (χ0) is 23.0. The van der Waals surface area contributed by atoms with Crippen molar-refractivity contribution in [2.24, 2.45) is 0 Å². The van der Waals surface area contributed by atoms with Gasteiger partial charge < -0.3 is 9.55 Å². The Hall–Kier alpha value is -4.38. The lowest BCUT2D eigenvalue weighted by molar-refractivity contribution is 0.0694. The summed E-state index contributed by atoms with van der Waals surface area (Å²) < 4.78 is 2.31. The predicted molar refractivity (Wildman–Crippen MR) is 135 cm³/mol. The van der Waals surface area contributed by atoms with Crippen LogP contribution in [0.2, 0.25) is 0 Å². The Labute approximate surface area is 195 Å². The highest BCUT2D eigenvalue weighted by Gasteiger charge is 2.39. The molecule has 0 saturated carbocycles. The Morgan fingerprint density at radius 3 is 2.18 bits per heavy atom. The number of hydrogen-bond acceptors (Lipinski definition) is 2. The van der Waals surface area contributed by atoms with Crippen LogP contribution in [0.15, 0.2) is 78.9 Å². The number of H-pyrrole nitrogens is 1. The van der Waals surface area contributed by atoms with Gasteiger partial charge in [-0.3, -0.25) is 14.5 Å². The van der Waals surface area contributed by atoms with E-state index in [1.807, 2.05) is 42.5 Å². The summed E-state index contributed by atoms with van der Waals surface area (Å²) in [6.07, 6.45) is 0.861. The molecule has 0 spiro atoms. The number of aromatic amines is 1. The van der Waals surface area contributed by atoms with Crippen LogP contribution in [0.25, 0.3) is 43.6 Å². The van der Waals surface area contributed by atoms with Crippen LogP contribution >= 0.6 is 0 Å². The molecule has 0 aliphatic carbocycles. The molecule has 0 atom stereocenters. The van der Waals surface area contributed by atoms with Gasteiger partial charge in [0.2, 0.25) is 0 Å². The second-order valence-corrected chi connectivity index (χ2v) is 8.97. The second kappa shape index (κ2) is 6.81. The van der Waals surface area contributed by atoms with E-state index >= 15 is 0 Å². The van der Waals surface area contributed by atoms with Gasteiger partial charge in [-0.1, -0.05) is 66.7 Å². The van der Waals surface area contributed by atoms with Crippen LogP contribution in [0.3, 0.4) is 0 Å². The third kappa shape index (κ3) is 2.38. The first-order chi connectivity index (χ1) is 16.6. The molecule has 5 heteroatoms. The maximum absolute atomic E-state index is 13.4. The third-order valence-corrected chi connectivity index (χ3v) is 7.17. The molecular formula is C29H21N3O2. The summed E-state index contributed by atoms with van der Waals surface area (Å²) in [6, 6.07) is 26.6. The predicted octanol–water partition coefficient (Wildman–Crippen LogP) is 5.90. The second-order valence-electron chi connectivity index (χ2n) is 8.97. The number of aryl methyl sites for hydroxylation is 2. The molecule has 2 aromatic heterocycles. The first-order valence-electron chi connectivity index (χ1n) is 11.5. The number of fused-ring (bicyclic) bond motifs is 10. The summed E-state index contributed by atoms with van der Waals surface area (Å²) in [6.45, 7) is 0.759. The van der Waals surface area contributed by atoms with Gasteiger partial charge in [-0.25, -0.2) is 0 Å². The van der Waals surface area contributed by atoms with Crippen LogP contribution in [0.5, 0.6) is 0 Å². The van der Waals surface area contributed by atoms with Gasteiger partial charge in [0, 0.05) is 46.2 Å². The number of hydrogen-bond donors (Lipinski definition) is 1. The highest BCUT2D eigenvalue weighted by molar-refractivity contribution is 6.39. The van der Waals surface area contributed by atoms with Crippen LogP contribution in [0.1, 0.15) is 26.3 Å². The first-order valence-corrected chi connectivity index (χ1v) is 11.5. The minimum atomic E-state index is -0.238. The molecule has 4 aromatic carbocycles. The van der Waals surface area contributed by atoms with Gasteiger partial charge in [0.15, 0.2) is 0 Å². The van der Waals surface area contributed by atoms with E-state index in [0.29, 0.717) is 11.1 Å². The molecule has 1 N–H and O–H groups in total. The van der Waals surface area contributed by atoms with E-state index in [4.69, 9.17) is 0 Å². The highest BCUT2D eigenvalue weighted by atomic mass is 16.2. The number of aromatic nitrogens is 2. The Balaban J connectivity index is 1.67. The standard InChI is InChI=1S/C29H21N3O2/c1-31-28(33)24-22-18-11-5-7-13-20(18)30-26(22)27-23(25(24)29(31)34)19-12-6-8-14-21(19)32(27)16-15-17-9-3-2-4-10-17/h2-14,30H,15-16H2,1H3. The van der Waals surface area contributed by atoms with Crippen molar-refractivity contribution in [2.75, 3.05) is 7.05 Å². The van der Waals surface area contributed by atoms with E-state index in [1.54, 1.807) is 7.05 Å². The molecule has 3 heterocycles. The summed E-state index contributed by atoms with van der Waals surface area (Å²) in [5.74, 6) is -0.471. The number of imide groups is 1. The molecule has 34 heavy (non-hydrogen) atoms. The molecule has 1 aliphatic rings. The number of rotatable bonds is 3. The lowest BCUT2D eigenvalue weighted by Gasteiger charge is -2.10. The van der Waals surface area contributed by atoms with Crippen molar-refractivity contribution in [3.63, 3.8) is 0 Å². The van der Waals surface area contributed by atoms with E-state index in [1.165, 1.54) is 10.5 Å². The molecule has 0 radical (unpaired) electrons. The number of carbonyl (C=O) groups is 2. The molecule has 7 rings (SSSR count). The molecule has 6 aromatic rings. The third-order valence-electron chi connectivity index (χ3n) is 7.17. The number of nitrogens with zero attached hydrogens (tertiary/aromatic N) is 2. The molecule has 5 nitrogen and oxygen atoms in total. The summed E-state index contributed by atoms with van der Waals surface area (Å²) in [5, 5.41) is 3.66. The molecule has 0 fully saturated rings. The first kappa shape index (κ1) is 19.1. The van der Waals surface area contributed by atoms with Gasteiger partial charge in [-0.2, -0.15) is 0 Å². The van der Waals surface area contributed by atoms with Gasteiger partial charge in [-0.15, -0.1) is 0 Å². The Bertz CT molecular complexity index is 1810. The summed E-state index contributed by atoms with van der Waals surface area (Å²) >= 11 is 0. The number of carbonyl (C=O) groups excluding carboxylic acids is 2. The summed E-state index contributed by atoms with van der Waals surface area (Å²) in [5.41, 5.74) is 6.22. The van der Waals surface area contributed by atoms with E-state index in [-0.39, 0.29) is 11.8 Å². The van der Waals surface area contributed by atoms with Crippen molar-refractivity contribution >= 4 is 55.4 Å². The monoisotopic (exact) mass is 443 g/mol. The maximum Gasteiger partial charge on any atom is 0.262 e. The fourth-order valence-corrected chi connectivity index (χ4v) is 5.62. The van der Waals surface area contributed by atoms with Gasteiger partial charge in [0.1, 0.15) is 0 Å².